The van der Waals surface area contributed by atoms with Crippen LogP contribution in [0.25, 0.3) is 4.98 Å². The molecule has 0 radical (unpaired) electrons. The summed E-state index contributed by atoms with van der Waals surface area (Å²) in [5, 5.41) is 39.2. The summed E-state index contributed by atoms with van der Waals surface area (Å²) in [5.41, 5.74) is -1.69. The Morgan fingerprint density at radius 2 is 1.68 bits per heavy atom. The summed E-state index contributed by atoms with van der Waals surface area (Å²) >= 11 is 0. The van der Waals surface area contributed by atoms with Gasteiger partial charge in [-0.2, -0.15) is 15.5 Å². The molecule has 0 amide bonds. The molecule has 0 aliphatic heterocycles. The lowest BCUT2D eigenvalue weighted by molar-refractivity contribution is -0.0273. The van der Waals surface area contributed by atoms with Crippen LogP contribution in [0.1, 0.15) is 92.4 Å². The normalized spacial score (nSPS) is 28.3. The first kappa shape index (κ1) is 22.8. The average Bonchev–Trinajstić information content (AvgIpc) is 2.68. The number of azo groups is 1. The minimum atomic E-state index is -0.722. The zero-order chi connectivity index (χ0) is 21.0. The second-order valence-electron chi connectivity index (χ2n) is 10.2. The number of aliphatic hydroxyl groups excluding tert-OH is 1. The third kappa shape index (κ3) is 4.71. The molecule has 0 heterocycles. The van der Waals surface area contributed by atoms with Crippen LogP contribution in [-0.4, -0.2) is 28.3 Å². The van der Waals surface area contributed by atoms with E-state index >= 15 is 0 Å². The van der Waals surface area contributed by atoms with Gasteiger partial charge in [0, 0.05) is 5.92 Å². The number of hydrogen-bond acceptors (Lipinski definition) is 5. The van der Waals surface area contributed by atoms with Crippen LogP contribution >= 0.6 is 0 Å². The van der Waals surface area contributed by atoms with E-state index < -0.39 is 23.2 Å². The zero-order valence-electron chi connectivity index (χ0n) is 18.4. The van der Waals surface area contributed by atoms with Crippen LogP contribution in [0.2, 0.25) is 0 Å². The summed E-state index contributed by atoms with van der Waals surface area (Å²) in [5.74, 6) is 0.373. The summed E-state index contributed by atoms with van der Waals surface area (Å²) < 4.78 is 0. The predicted molar refractivity (Wildman–Crippen MR) is 110 cm³/mol. The van der Waals surface area contributed by atoms with Crippen LogP contribution in [0.5, 0.6) is 0 Å². The van der Waals surface area contributed by atoms with Gasteiger partial charge in [0.25, 0.3) is 0 Å². The molecule has 0 aromatic heterocycles. The average molecular weight is 389 g/mol. The van der Waals surface area contributed by atoms with Crippen LogP contribution in [0.15, 0.2) is 10.2 Å². The molecule has 2 fully saturated rings. The number of rotatable bonds is 6. The molecule has 6 heteroatoms. The van der Waals surface area contributed by atoms with Crippen molar-refractivity contribution in [2.45, 2.75) is 116 Å². The topological polar surface area (TPSA) is 96.9 Å². The summed E-state index contributed by atoms with van der Waals surface area (Å²) in [6, 6.07) is 1.98. The summed E-state index contributed by atoms with van der Waals surface area (Å²) in [7, 11) is 0. The second kappa shape index (κ2) is 8.87. The molecule has 6 nitrogen and oxygen atoms in total. The molecule has 0 aromatic rings. The molecule has 2 saturated carbocycles. The highest BCUT2D eigenvalue weighted by atomic mass is 16.3. The van der Waals surface area contributed by atoms with Gasteiger partial charge < -0.3 is 5.11 Å². The van der Waals surface area contributed by atoms with E-state index in [0.29, 0.717) is 0 Å². The molecule has 28 heavy (non-hydrogen) atoms. The van der Waals surface area contributed by atoms with E-state index in [4.69, 9.17) is 0 Å². The molecule has 0 spiro atoms. The minimum Gasteiger partial charge on any atom is -0.393 e. The van der Waals surface area contributed by atoms with Gasteiger partial charge in [0.1, 0.15) is 4.98 Å². The molecule has 4 atom stereocenters. The summed E-state index contributed by atoms with van der Waals surface area (Å²) in [6.07, 6.45) is 8.44. The van der Waals surface area contributed by atoms with Gasteiger partial charge in [-0.05, 0) is 70.6 Å². The molecule has 4 unspecified atom stereocenters. The van der Waals surface area contributed by atoms with Crippen molar-refractivity contribution in [3.63, 3.8) is 0 Å². The Morgan fingerprint density at radius 3 is 2.21 bits per heavy atom. The number of aliphatic hydroxyl groups is 1. The Balaban J connectivity index is 2.29. The number of nitriles is 1. The highest BCUT2D eigenvalue weighted by Crippen LogP contribution is 2.48. The van der Waals surface area contributed by atoms with Gasteiger partial charge in [-0.15, -0.1) is 0 Å². The lowest BCUT2D eigenvalue weighted by Gasteiger charge is -2.44. The molecule has 0 bridgehead atoms. The maximum Gasteiger partial charge on any atom is 0.343 e. The van der Waals surface area contributed by atoms with E-state index in [0.717, 1.165) is 57.8 Å². The van der Waals surface area contributed by atoms with E-state index in [9.17, 15) is 15.8 Å². The quantitative estimate of drug-likeness (QED) is 0.454. The molecule has 0 saturated heterocycles. The van der Waals surface area contributed by atoms with E-state index in [1.54, 1.807) is 0 Å². The number of nitrogens with zero attached hydrogens (tertiary/aromatic N) is 5. The highest BCUT2D eigenvalue weighted by Gasteiger charge is 2.54. The van der Waals surface area contributed by atoms with Gasteiger partial charge >= 0.3 is 6.04 Å². The van der Waals surface area contributed by atoms with Crippen LogP contribution < -0.4 is 0 Å². The first-order chi connectivity index (χ1) is 13.1. The van der Waals surface area contributed by atoms with Crippen molar-refractivity contribution in [2.24, 2.45) is 27.5 Å². The monoisotopic (exact) mass is 388 g/mol. The van der Waals surface area contributed by atoms with Gasteiger partial charge in [0.15, 0.2) is 11.1 Å². The molecule has 156 valence electrons. The molecule has 2 aliphatic carbocycles. The molecule has 0 aromatic carbocycles. The first-order valence-electron chi connectivity index (χ1n) is 11.0. The smallest absolute Gasteiger partial charge is 0.343 e. The van der Waals surface area contributed by atoms with Crippen molar-refractivity contribution >= 4 is 0 Å². The van der Waals surface area contributed by atoms with Crippen molar-refractivity contribution in [1.82, 2.24) is 0 Å². The zero-order valence-corrected chi connectivity index (χ0v) is 18.4. The molecular weight excluding hydrogens is 350 g/mol. The molecule has 1 N–H and O–H groups in total. The van der Waals surface area contributed by atoms with E-state index in [1.807, 2.05) is 20.8 Å². The van der Waals surface area contributed by atoms with Gasteiger partial charge in [-0.1, -0.05) is 33.1 Å². The Morgan fingerprint density at radius 1 is 1.07 bits per heavy atom. The van der Waals surface area contributed by atoms with Crippen molar-refractivity contribution in [1.29, 1.82) is 10.7 Å². The Kier molecular flexibility index (Phi) is 7.21. The fraction of sp³-hybridized carbons (Fsp3) is 0.955. The third-order valence-electron chi connectivity index (χ3n) is 7.49. The first-order valence-corrected chi connectivity index (χ1v) is 11.0. The summed E-state index contributed by atoms with van der Waals surface area (Å²) in [6.45, 7) is 9.97. The lowest BCUT2D eigenvalue weighted by Crippen LogP contribution is -2.48. The fourth-order valence-corrected chi connectivity index (χ4v) is 5.18. The van der Waals surface area contributed by atoms with Crippen LogP contribution in [0.3, 0.4) is 0 Å². The van der Waals surface area contributed by atoms with E-state index in [-0.39, 0.29) is 17.3 Å². The maximum atomic E-state index is 10.4. The summed E-state index contributed by atoms with van der Waals surface area (Å²) in [4.78, 5) is 3.80. The third-order valence-corrected chi connectivity index (χ3v) is 7.49. The van der Waals surface area contributed by atoms with Gasteiger partial charge in [0.2, 0.25) is 5.39 Å². The molecule has 2 aliphatic rings. The van der Waals surface area contributed by atoms with Crippen molar-refractivity contribution < 1.29 is 5.11 Å². The van der Waals surface area contributed by atoms with E-state index in [1.165, 1.54) is 0 Å². The van der Waals surface area contributed by atoms with Crippen LogP contribution in [0, 0.1) is 34.0 Å². The molecular formula is C22H38N5O+. The van der Waals surface area contributed by atoms with E-state index in [2.05, 4.69) is 35.1 Å². The molecule has 2 rings (SSSR count). The van der Waals surface area contributed by atoms with Crippen molar-refractivity contribution in [3.05, 3.63) is 4.98 Å². The predicted octanol–water partition coefficient (Wildman–Crippen LogP) is 5.88. The Labute approximate surface area is 170 Å². The van der Waals surface area contributed by atoms with Gasteiger partial charge in [-0.25, -0.2) is 0 Å². The lowest BCUT2D eigenvalue weighted by atomic mass is 9.60. The van der Waals surface area contributed by atoms with Gasteiger partial charge in [-0.3, -0.25) is 0 Å². The maximum absolute atomic E-state index is 10.4. The van der Waals surface area contributed by atoms with Gasteiger partial charge in [0.05, 0.1) is 12.2 Å². The minimum absolute atomic E-state index is 0.127. The Hall–Kier alpha value is -1.53. The number of diazo groups is 1. The van der Waals surface area contributed by atoms with Crippen molar-refractivity contribution in [2.75, 3.05) is 0 Å². The SMILES string of the molecule is CC(O)C(C)(C)C1CCCCC1C([N+]#N)C(C)(C)N=NC1(C#N)CCCCC1. The van der Waals surface area contributed by atoms with Crippen molar-refractivity contribution in [3.8, 4) is 6.07 Å². The second-order valence-corrected chi connectivity index (χ2v) is 10.2. The highest BCUT2D eigenvalue weighted by molar-refractivity contribution is 5.10. The number of hydrogen-bond donors (Lipinski definition) is 1. The standard InChI is InChI=1S/C22H38N5O/c1-16(28)20(2,3)18-12-8-7-11-17(18)19(25-24)21(4,5)26-27-22(15-23)13-9-6-10-14-22/h16-19,28H,6-14H2,1-5H3/q+1. The fourth-order valence-electron chi connectivity index (χ4n) is 5.18. The van der Waals surface area contributed by atoms with Crippen LogP contribution in [-0.2, 0) is 0 Å². The van der Waals surface area contributed by atoms with Crippen LogP contribution in [0.4, 0.5) is 0 Å². The largest absolute Gasteiger partial charge is 0.393 e. The Bertz CT molecular complexity index is 634.